The molecule has 0 fully saturated rings. The topological polar surface area (TPSA) is 73.4 Å². The summed E-state index contributed by atoms with van der Waals surface area (Å²) in [7, 11) is 4.97. The molecule has 0 spiro atoms. The Morgan fingerprint density at radius 1 is 1.47 bits per heavy atom. The Labute approximate surface area is 111 Å². The lowest BCUT2D eigenvalue weighted by atomic mass is 10.2. The number of nitrogens with zero attached hydrogens (tertiary/aromatic N) is 3. The van der Waals surface area contributed by atoms with E-state index in [2.05, 4.69) is 5.10 Å². The van der Waals surface area contributed by atoms with Crippen molar-refractivity contribution < 1.29 is 9.53 Å². The van der Waals surface area contributed by atoms with E-state index >= 15 is 0 Å². The van der Waals surface area contributed by atoms with Gasteiger partial charge in [-0.2, -0.15) is 5.10 Å². The fraction of sp³-hybridized carbons (Fsp3) is 0.231. The van der Waals surface area contributed by atoms with Gasteiger partial charge in [-0.3, -0.25) is 9.48 Å². The number of nitrogens with two attached hydrogens (primary N) is 1. The van der Waals surface area contributed by atoms with E-state index in [1.807, 2.05) is 18.2 Å². The minimum atomic E-state index is -0.258. The van der Waals surface area contributed by atoms with E-state index in [0.29, 0.717) is 11.4 Å². The molecule has 2 aromatic rings. The molecule has 6 nitrogen and oxygen atoms in total. The van der Waals surface area contributed by atoms with Gasteiger partial charge in [-0.1, -0.05) is 6.07 Å². The number of anilines is 2. The number of hydrogen-bond donors (Lipinski definition) is 1. The van der Waals surface area contributed by atoms with Crippen LogP contribution in [0.3, 0.4) is 0 Å². The van der Waals surface area contributed by atoms with Crippen molar-refractivity contribution >= 4 is 17.3 Å². The highest BCUT2D eigenvalue weighted by molar-refractivity contribution is 6.07. The lowest BCUT2D eigenvalue weighted by molar-refractivity contribution is 0.0988. The second-order valence-electron chi connectivity index (χ2n) is 4.17. The van der Waals surface area contributed by atoms with Gasteiger partial charge in [0.1, 0.15) is 5.75 Å². The summed E-state index contributed by atoms with van der Waals surface area (Å²) in [4.78, 5) is 13.8. The van der Waals surface area contributed by atoms with Gasteiger partial charge < -0.3 is 15.4 Å². The Balaban J connectivity index is 2.30. The lowest BCUT2D eigenvalue weighted by Crippen LogP contribution is -2.27. The third-order valence-electron chi connectivity index (χ3n) is 2.80. The summed E-state index contributed by atoms with van der Waals surface area (Å²) in [6, 6.07) is 7.23. The molecule has 0 aliphatic carbocycles. The summed E-state index contributed by atoms with van der Waals surface area (Å²) in [5.41, 5.74) is 7.08. The maximum absolute atomic E-state index is 12.3. The fourth-order valence-electron chi connectivity index (χ4n) is 1.77. The van der Waals surface area contributed by atoms with Crippen LogP contribution in [0, 0.1) is 0 Å². The van der Waals surface area contributed by atoms with Gasteiger partial charge in [-0.25, -0.2) is 0 Å². The molecule has 2 rings (SSSR count). The Morgan fingerprint density at radius 3 is 2.79 bits per heavy atom. The molecule has 1 heterocycles. The Morgan fingerprint density at radius 2 is 2.21 bits per heavy atom. The molecule has 0 aliphatic rings. The summed E-state index contributed by atoms with van der Waals surface area (Å²) >= 11 is 0. The largest absolute Gasteiger partial charge is 0.497 e. The maximum Gasteiger partial charge on any atom is 0.280 e. The molecule has 0 radical (unpaired) electrons. The van der Waals surface area contributed by atoms with Gasteiger partial charge in [0.2, 0.25) is 0 Å². The highest BCUT2D eigenvalue weighted by Crippen LogP contribution is 2.22. The van der Waals surface area contributed by atoms with Crippen LogP contribution in [-0.4, -0.2) is 29.8 Å². The first-order valence-electron chi connectivity index (χ1n) is 5.74. The third-order valence-corrected chi connectivity index (χ3v) is 2.80. The van der Waals surface area contributed by atoms with Crippen molar-refractivity contribution in [3.05, 3.63) is 36.2 Å². The maximum atomic E-state index is 12.3. The quantitative estimate of drug-likeness (QED) is 0.902. The number of aryl methyl sites for hydroxylation is 1. The number of benzene rings is 1. The zero-order valence-corrected chi connectivity index (χ0v) is 11.1. The highest BCUT2D eigenvalue weighted by atomic mass is 16.5. The summed E-state index contributed by atoms with van der Waals surface area (Å²) in [5.74, 6) is 0.428. The normalized spacial score (nSPS) is 10.3. The summed E-state index contributed by atoms with van der Waals surface area (Å²) in [6.07, 6.45) is 1.60. The van der Waals surface area contributed by atoms with Gasteiger partial charge >= 0.3 is 0 Å². The second-order valence-corrected chi connectivity index (χ2v) is 4.17. The molecule has 100 valence electrons. The van der Waals surface area contributed by atoms with Gasteiger partial charge in [-0.15, -0.1) is 0 Å². The van der Waals surface area contributed by atoms with Crippen LogP contribution in [0.2, 0.25) is 0 Å². The number of ether oxygens (including phenoxy) is 1. The van der Waals surface area contributed by atoms with Crippen LogP contribution in [-0.2, 0) is 7.05 Å². The van der Waals surface area contributed by atoms with Crippen molar-refractivity contribution in [3.8, 4) is 5.75 Å². The number of carbonyl (C=O) groups excluding carboxylic acids is 1. The number of nitrogen functional groups attached to an aromatic ring is 1. The molecular weight excluding hydrogens is 244 g/mol. The predicted molar refractivity (Wildman–Crippen MR) is 73.3 cm³/mol. The van der Waals surface area contributed by atoms with Crippen molar-refractivity contribution in [3.63, 3.8) is 0 Å². The molecule has 6 heteroatoms. The van der Waals surface area contributed by atoms with E-state index in [4.69, 9.17) is 10.5 Å². The number of carbonyl (C=O) groups is 1. The van der Waals surface area contributed by atoms with Crippen LogP contribution in [0.1, 0.15) is 10.5 Å². The van der Waals surface area contributed by atoms with Crippen molar-refractivity contribution in [1.82, 2.24) is 9.78 Å². The molecule has 0 saturated heterocycles. The minimum absolute atomic E-state index is 0.243. The molecule has 1 aromatic heterocycles. The van der Waals surface area contributed by atoms with Crippen LogP contribution in [0.25, 0.3) is 0 Å². The average molecular weight is 260 g/mol. The second kappa shape index (κ2) is 5.01. The Kier molecular flexibility index (Phi) is 3.41. The van der Waals surface area contributed by atoms with Crippen LogP contribution in [0.15, 0.2) is 30.5 Å². The van der Waals surface area contributed by atoms with Crippen molar-refractivity contribution in [2.24, 2.45) is 7.05 Å². The van der Waals surface area contributed by atoms with E-state index in [0.717, 1.165) is 5.69 Å². The smallest absolute Gasteiger partial charge is 0.280 e. The fourth-order valence-corrected chi connectivity index (χ4v) is 1.77. The Bertz CT molecular complexity index is 606. The molecule has 19 heavy (non-hydrogen) atoms. The number of amides is 1. The van der Waals surface area contributed by atoms with Crippen molar-refractivity contribution in [2.75, 3.05) is 24.8 Å². The van der Waals surface area contributed by atoms with E-state index in [1.165, 1.54) is 9.58 Å². The first kappa shape index (κ1) is 12.9. The third kappa shape index (κ3) is 2.52. The predicted octanol–water partition coefficient (Wildman–Crippen LogP) is 1.29. The standard InChI is InChI=1S/C13H16N4O2/c1-16-8-11(14)12(15-16)13(18)17(2)9-5-4-6-10(7-9)19-3/h4-8H,14H2,1-3H3. The molecule has 2 N–H and O–H groups in total. The van der Waals surface area contributed by atoms with Gasteiger partial charge in [0.25, 0.3) is 5.91 Å². The Hall–Kier alpha value is -2.50. The van der Waals surface area contributed by atoms with E-state index < -0.39 is 0 Å². The van der Waals surface area contributed by atoms with Crippen LogP contribution >= 0.6 is 0 Å². The average Bonchev–Trinajstić information content (AvgIpc) is 2.76. The van der Waals surface area contributed by atoms with Crippen LogP contribution < -0.4 is 15.4 Å². The van der Waals surface area contributed by atoms with Gasteiger partial charge in [0.05, 0.1) is 12.8 Å². The molecule has 0 aliphatic heterocycles. The summed E-state index contributed by atoms with van der Waals surface area (Å²) in [6.45, 7) is 0. The molecule has 0 bridgehead atoms. The van der Waals surface area contributed by atoms with Crippen molar-refractivity contribution in [1.29, 1.82) is 0 Å². The molecule has 0 saturated carbocycles. The highest BCUT2D eigenvalue weighted by Gasteiger charge is 2.19. The van der Waals surface area contributed by atoms with E-state index in [9.17, 15) is 4.79 Å². The van der Waals surface area contributed by atoms with Gasteiger partial charge in [-0.05, 0) is 12.1 Å². The van der Waals surface area contributed by atoms with Gasteiger partial charge in [0.15, 0.2) is 5.69 Å². The number of hydrogen-bond acceptors (Lipinski definition) is 4. The van der Waals surface area contributed by atoms with Crippen LogP contribution in [0.4, 0.5) is 11.4 Å². The monoisotopic (exact) mass is 260 g/mol. The molecule has 1 aromatic carbocycles. The van der Waals surface area contributed by atoms with Crippen LogP contribution in [0.5, 0.6) is 5.75 Å². The first-order valence-corrected chi connectivity index (χ1v) is 5.74. The molecule has 0 unspecified atom stereocenters. The molecule has 1 amide bonds. The number of rotatable bonds is 3. The van der Waals surface area contributed by atoms with Gasteiger partial charge in [0, 0.05) is 32.0 Å². The SMILES string of the molecule is COc1cccc(N(C)C(=O)c2nn(C)cc2N)c1. The lowest BCUT2D eigenvalue weighted by Gasteiger charge is -2.17. The minimum Gasteiger partial charge on any atom is -0.497 e. The molecule has 0 atom stereocenters. The van der Waals surface area contributed by atoms with E-state index in [1.54, 1.807) is 33.5 Å². The number of aromatic nitrogens is 2. The zero-order valence-electron chi connectivity index (χ0n) is 11.1. The summed E-state index contributed by atoms with van der Waals surface area (Å²) in [5, 5.41) is 4.07. The summed E-state index contributed by atoms with van der Waals surface area (Å²) < 4.78 is 6.65. The number of methoxy groups -OCH3 is 1. The van der Waals surface area contributed by atoms with Crippen molar-refractivity contribution in [2.45, 2.75) is 0 Å². The molecular formula is C13H16N4O2. The van der Waals surface area contributed by atoms with E-state index in [-0.39, 0.29) is 11.6 Å². The zero-order chi connectivity index (χ0) is 14.0. The first-order chi connectivity index (χ1) is 9.02.